The fraction of sp³-hybridized carbons (Fsp3) is 0.421. The largest absolute Gasteiger partial charge is 0.417 e. The molecule has 1 saturated heterocycles. The Bertz CT molecular complexity index is 881. The zero-order chi connectivity index (χ0) is 20.3. The van der Waals surface area contributed by atoms with E-state index in [4.69, 9.17) is 16.9 Å². The number of hydrogen-bond acceptors (Lipinski definition) is 5. The molecule has 9 heteroatoms. The van der Waals surface area contributed by atoms with Crippen molar-refractivity contribution in [1.29, 1.82) is 5.26 Å². The standard InChI is InChI=1S/C19H19ClF3N5/c1-2-28(14-6-5-13(11-24)16(10-14)19(21,22)23)15-4-3-9-27(12-15)17-7-8-25-18(20)26-17/h5-8,10,15H,2-4,9,12H2,1H3. The zero-order valence-electron chi connectivity index (χ0n) is 15.2. The minimum atomic E-state index is -4.57. The number of nitrogens with zero attached hydrogens (tertiary/aromatic N) is 5. The number of likely N-dealkylation sites (N-methyl/N-ethyl adjacent to an activating group) is 1. The molecule has 28 heavy (non-hydrogen) atoms. The van der Waals surface area contributed by atoms with Gasteiger partial charge in [-0.3, -0.25) is 0 Å². The van der Waals surface area contributed by atoms with E-state index in [0.717, 1.165) is 25.5 Å². The minimum absolute atomic E-state index is 0.0153. The van der Waals surface area contributed by atoms with Gasteiger partial charge in [0.15, 0.2) is 0 Å². The van der Waals surface area contributed by atoms with Crippen LogP contribution in [-0.4, -0.2) is 35.6 Å². The smallest absolute Gasteiger partial charge is 0.367 e. The number of benzene rings is 1. The Morgan fingerprint density at radius 1 is 1.36 bits per heavy atom. The van der Waals surface area contributed by atoms with Crippen molar-refractivity contribution in [2.75, 3.05) is 29.4 Å². The maximum atomic E-state index is 13.3. The van der Waals surface area contributed by atoms with Crippen LogP contribution in [0.3, 0.4) is 0 Å². The molecule has 1 aromatic carbocycles. The minimum Gasteiger partial charge on any atom is -0.367 e. The number of piperidine rings is 1. The molecule has 1 fully saturated rings. The summed E-state index contributed by atoms with van der Waals surface area (Å²) in [6.07, 6.45) is -1.26. The molecule has 1 aliphatic heterocycles. The van der Waals surface area contributed by atoms with E-state index in [-0.39, 0.29) is 16.9 Å². The molecule has 5 nitrogen and oxygen atoms in total. The third kappa shape index (κ3) is 4.30. The van der Waals surface area contributed by atoms with Crippen molar-refractivity contribution < 1.29 is 13.2 Å². The molecule has 0 amide bonds. The van der Waals surface area contributed by atoms with Crippen molar-refractivity contribution in [2.45, 2.75) is 32.0 Å². The maximum absolute atomic E-state index is 13.3. The molecule has 0 spiro atoms. The molecular formula is C19H19ClF3N5. The predicted molar refractivity (Wildman–Crippen MR) is 101 cm³/mol. The van der Waals surface area contributed by atoms with E-state index in [1.807, 2.05) is 11.8 Å². The van der Waals surface area contributed by atoms with E-state index < -0.39 is 11.7 Å². The van der Waals surface area contributed by atoms with Gasteiger partial charge in [-0.15, -0.1) is 0 Å². The van der Waals surface area contributed by atoms with Crippen molar-refractivity contribution in [2.24, 2.45) is 0 Å². The number of alkyl halides is 3. The molecule has 0 aliphatic carbocycles. The van der Waals surface area contributed by atoms with Gasteiger partial charge in [0.1, 0.15) is 5.82 Å². The molecule has 2 aromatic rings. The summed E-state index contributed by atoms with van der Waals surface area (Å²) in [7, 11) is 0. The van der Waals surface area contributed by atoms with Crippen LogP contribution in [0.2, 0.25) is 5.28 Å². The van der Waals surface area contributed by atoms with Gasteiger partial charge in [-0.2, -0.15) is 18.4 Å². The number of aromatic nitrogens is 2. The second-order valence-electron chi connectivity index (χ2n) is 6.55. The fourth-order valence-corrected chi connectivity index (χ4v) is 3.76. The molecule has 0 N–H and O–H groups in total. The summed E-state index contributed by atoms with van der Waals surface area (Å²) in [6, 6.07) is 7.31. The highest BCUT2D eigenvalue weighted by atomic mass is 35.5. The van der Waals surface area contributed by atoms with Crippen molar-refractivity contribution in [1.82, 2.24) is 9.97 Å². The Labute approximate surface area is 166 Å². The highest BCUT2D eigenvalue weighted by molar-refractivity contribution is 6.28. The van der Waals surface area contributed by atoms with Crippen LogP contribution in [0, 0.1) is 11.3 Å². The molecule has 0 saturated carbocycles. The van der Waals surface area contributed by atoms with Crippen molar-refractivity contribution in [3.8, 4) is 6.07 Å². The number of rotatable bonds is 4. The molecular weight excluding hydrogens is 391 g/mol. The summed E-state index contributed by atoms with van der Waals surface area (Å²) in [5.74, 6) is 0.705. The summed E-state index contributed by atoms with van der Waals surface area (Å²) in [5, 5.41) is 9.17. The molecule has 3 rings (SSSR count). The maximum Gasteiger partial charge on any atom is 0.417 e. The van der Waals surface area contributed by atoms with Crippen LogP contribution in [0.5, 0.6) is 0 Å². The van der Waals surface area contributed by atoms with E-state index in [1.165, 1.54) is 6.07 Å². The van der Waals surface area contributed by atoms with Gasteiger partial charge in [-0.1, -0.05) is 0 Å². The Morgan fingerprint density at radius 3 is 2.79 bits per heavy atom. The SMILES string of the molecule is CCN(c1ccc(C#N)c(C(F)(F)F)c1)C1CCCN(c2ccnc(Cl)n2)C1. The fourth-order valence-electron chi connectivity index (χ4n) is 3.61. The molecule has 1 aromatic heterocycles. The van der Waals surface area contributed by atoms with Gasteiger partial charge in [0.2, 0.25) is 5.28 Å². The molecule has 0 radical (unpaired) electrons. The summed E-state index contributed by atoms with van der Waals surface area (Å²) >= 11 is 5.88. The van der Waals surface area contributed by atoms with Gasteiger partial charge >= 0.3 is 6.18 Å². The van der Waals surface area contributed by atoms with E-state index in [9.17, 15) is 13.2 Å². The zero-order valence-corrected chi connectivity index (χ0v) is 16.0. The molecule has 1 unspecified atom stereocenters. The van der Waals surface area contributed by atoms with Crippen molar-refractivity contribution in [3.63, 3.8) is 0 Å². The average molecular weight is 410 g/mol. The molecule has 1 atom stereocenters. The third-order valence-corrected chi connectivity index (χ3v) is 5.06. The highest BCUT2D eigenvalue weighted by Crippen LogP contribution is 2.35. The van der Waals surface area contributed by atoms with Crippen LogP contribution in [0.1, 0.15) is 30.9 Å². The van der Waals surface area contributed by atoms with Crippen LogP contribution in [0.4, 0.5) is 24.7 Å². The van der Waals surface area contributed by atoms with E-state index in [2.05, 4.69) is 14.9 Å². The lowest BCUT2D eigenvalue weighted by atomic mass is 10.0. The van der Waals surface area contributed by atoms with E-state index >= 15 is 0 Å². The first kappa shape index (κ1) is 20.2. The van der Waals surface area contributed by atoms with Gasteiger partial charge in [0, 0.05) is 37.6 Å². The first-order valence-corrected chi connectivity index (χ1v) is 9.32. The van der Waals surface area contributed by atoms with Crippen molar-refractivity contribution in [3.05, 3.63) is 46.9 Å². The topological polar surface area (TPSA) is 56.1 Å². The van der Waals surface area contributed by atoms with Gasteiger partial charge < -0.3 is 9.80 Å². The predicted octanol–water partition coefficient (Wildman–Crippen LogP) is 4.52. The van der Waals surface area contributed by atoms with Crippen LogP contribution in [0.15, 0.2) is 30.5 Å². The first-order chi connectivity index (χ1) is 13.3. The van der Waals surface area contributed by atoms with Gasteiger partial charge in [-0.05, 0) is 55.6 Å². The van der Waals surface area contributed by atoms with E-state index in [0.29, 0.717) is 24.6 Å². The molecule has 148 valence electrons. The van der Waals surface area contributed by atoms with Gasteiger partial charge in [0.05, 0.1) is 17.2 Å². The second-order valence-corrected chi connectivity index (χ2v) is 6.89. The Kier molecular flexibility index (Phi) is 5.94. The summed E-state index contributed by atoms with van der Waals surface area (Å²) in [6.45, 7) is 3.86. The number of anilines is 2. The van der Waals surface area contributed by atoms with Crippen LogP contribution in [0.25, 0.3) is 0 Å². The molecule has 0 bridgehead atoms. The second kappa shape index (κ2) is 8.23. The summed E-state index contributed by atoms with van der Waals surface area (Å²) in [4.78, 5) is 12.1. The Morgan fingerprint density at radius 2 is 2.14 bits per heavy atom. The van der Waals surface area contributed by atoms with Crippen LogP contribution < -0.4 is 9.80 Å². The van der Waals surface area contributed by atoms with Crippen molar-refractivity contribution >= 4 is 23.1 Å². The van der Waals surface area contributed by atoms with Crippen LogP contribution >= 0.6 is 11.6 Å². The van der Waals surface area contributed by atoms with E-state index in [1.54, 1.807) is 24.4 Å². The quantitative estimate of drug-likeness (QED) is 0.695. The van der Waals surface area contributed by atoms with Gasteiger partial charge in [0.25, 0.3) is 0 Å². The average Bonchev–Trinajstić information content (AvgIpc) is 2.68. The van der Waals surface area contributed by atoms with Gasteiger partial charge in [-0.25, -0.2) is 9.97 Å². The molecule has 1 aliphatic rings. The lowest BCUT2D eigenvalue weighted by Gasteiger charge is -2.40. The Balaban J connectivity index is 1.88. The highest BCUT2D eigenvalue weighted by Gasteiger charge is 2.35. The third-order valence-electron chi connectivity index (χ3n) is 4.87. The lowest BCUT2D eigenvalue weighted by Crippen LogP contribution is -2.48. The number of nitriles is 1. The summed E-state index contributed by atoms with van der Waals surface area (Å²) in [5.41, 5.74) is -0.809. The normalized spacial score (nSPS) is 17.3. The molecule has 2 heterocycles. The monoisotopic (exact) mass is 409 g/mol. The number of halogens is 4. The number of hydrogen-bond donors (Lipinski definition) is 0. The lowest BCUT2D eigenvalue weighted by molar-refractivity contribution is -0.137. The Hall–Kier alpha value is -2.53. The summed E-state index contributed by atoms with van der Waals surface area (Å²) < 4.78 is 40.0. The van der Waals surface area contributed by atoms with Crippen LogP contribution in [-0.2, 0) is 6.18 Å². The first-order valence-electron chi connectivity index (χ1n) is 8.95.